The standard InChI is InChI=1S/C29H41N3O6/c1-6-10-13-26(35)30(5)14-11-12-15-32(9-4)29(38)22-16-20-17-25(34)27(36)24(19-33)21(20)18-23(22)28(37)31(7-2)8-3/h16-19,34,36H,6-15H2,1-5H3. The smallest absolute Gasteiger partial charge is 0.254 e. The molecule has 0 atom stereocenters. The van der Waals surface area contributed by atoms with Gasteiger partial charge in [-0.15, -0.1) is 0 Å². The lowest BCUT2D eigenvalue weighted by Gasteiger charge is -2.25. The number of benzene rings is 2. The molecule has 2 aromatic carbocycles. The average molecular weight is 528 g/mol. The molecule has 9 nitrogen and oxygen atoms in total. The van der Waals surface area contributed by atoms with E-state index in [1.54, 1.807) is 21.7 Å². The summed E-state index contributed by atoms with van der Waals surface area (Å²) in [7, 11) is 1.79. The molecule has 0 aromatic heterocycles. The maximum absolute atomic E-state index is 13.7. The largest absolute Gasteiger partial charge is 0.504 e. The van der Waals surface area contributed by atoms with Crippen LogP contribution in [0.5, 0.6) is 11.5 Å². The second kappa shape index (κ2) is 14.4. The Hall–Kier alpha value is -3.62. The summed E-state index contributed by atoms with van der Waals surface area (Å²) in [6.07, 6.45) is 4.22. The molecule has 0 fully saturated rings. The van der Waals surface area contributed by atoms with Gasteiger partial charge in [-0.1, -0.05) is 13.3 Å². The Kier molecular flexibility index (Phi) is 11.6. The van der Waals surface area contributed by atoms with Crippen LogP contribution in [0.15, 0.2) is 18.2 Å². The van der Waals surface area contributed by atoms with Crippen molar-refractivity contribution < 1.29 is 29.4 Å². The maximum Gasteiger partial charge on any atom is 0.254 e. The summed E-state index contributed by atoms with van der Waals surface area (Å²) in [4.78, 5) is 56.0. The van der Waals surface area contributed by atoms with Crippen molar-refractivity contribution in [2.75, 3.05) is 39.8 Å². The van der Waals surface area contributed by atoms with Crippen LogP contribution < -0.4 is 0 Å². The normalized spacial score (nSPS) is 10.9. The van der Waals surface area contributed by atoms with Crippen molar-refractivity contribution in [3.63, 3.8) is 0 Å². The van der Waals surface area contributed by atoms with Crippen molar-refractivity contribution in [1.82, 2.24) is 14.7 Å². The molecular formula is C29H41N3O6. The summed E-state index contributed by atoms with van der Waals surface area (Å²) in [5.41, 5.74) is 0.168. The van der Waals surface area contributed by atoms with E-state index in [2.05, 4.69) is 0 Å². The van der Waals surface area contributed by atoms with E-state index in [1.165, 1.54) is 18.2 Å². The predicted molar refractivity (Wildman–Crippen MR) is 148 cm³/mol. The number of phenols is 2. The van der Waals surface area contributed by atoms with Crippen LogP contribution in [-0.4, -0.2) is 88.7 Å². The first-order valence-electron chi connectivity index (χ1n) is 13.4. The summed E-state index contributed by atoms with van der Waals surface area (Å²) >= 11 is 0. The fourth-order valence-corrected chi connectivity index (χ4v) is 4.47. The third-order valence-electron chi connectivity index (χ3n) is 6.91. The highest BCUT2D eigenvalue weighted by Gasteiger charge is 2.26. The van der Waals surface area contributed by atoms with Crippen molar-refractivity contribution in [3.05, 3.63) is 34.9 Å². The van der Waals surface area contributed by atoms with Crippen LogP contribution in [0.2, 0.25) is 0 Å². The molecule has 0 unspecified atom stereocenters. The molecule has 0 aliphatic heterocycles. The Morgan fingerprint density at radius 1 is 0.816 bits per heavy atom. The summed E-state index contributed by atoms with van der Waals surface area (Å²) in [5.74, 6) is -1.62. The van der Waals surface area contributed by atoms with Gasteiger partial charge in [0.25, 0.3) is 11.8 Å². The number of unbranched alkanes of at least 4 members (excludes halogenated alkanes) is 2. The first-order chi connectivity index (χ1) is 18.1. The van der Waals surface area contributed by atoms with Crippen LogP contribution in [0.3, 0.4) is 0 Å². The molecule has 2 rings (SSSR count). The molecule has 3 amide bonds. The van der Waals surface area contributed by atoms with E-state index >= 15 is 0 Å². The third-order valence-corrected chi connectivity index (χ3v) is 6.91. The lowest BCUT2D eigenvalue weighted by Crippen LogP contribution is -2.36. The van der Waals surface area contributed by atoms with Gasteiger partial charge in [0.15, 0.2) is 17.8 Å². The minimum Gasteiger partial charge on any atom is -0.504 e. The van der Waals surface area contributed by atoms with Gasteiger partial charge in [-0.05, 0) is 69.0 Å². The fourth-order valence-electron chi connectivity index (χ4n) is 4.47. The number of amides is 3. The minimum atomic E-state index is -0.568. The zero-order valence-electron chi connectivity index (χ0n) is 23.2. The topological polar surface area (TPSA) is 118 Å². The van der Waals surface area contributed by atoms with Gasteiger partial charge in [0, 0.05) is 46.2 Å². The summed E-state index contributed by atoms with van der Waals surface area (Å²) < 4.78 is 0. The van der Waals surface area contributed by atoms with Crippen LogP contribution in [0, 0.1) is 0 Å². The molecule has 0 saturated carbocycles. The zero-order chi connectivity index (χ0) is 28.4. The Labute approximate surface area is 225 Å². The number of hydrogen-bond donors (Lipinski definition) is 2. The van der Waals surface area contributed by atoms with E-state index < -0.39 is 11.5 Å². The molecule has 0 radical (unpaired) electrons. The van der Waals surface area contributed by atoms with Crippen LogP contribution in [0.1, 0.15) is 90.9 Å². The van der Waals surface area contributed by atoms with E-state index in [9.17, 15) is 29.4 Å². The van der Waals surface area contributed by atoms with Crippen LogP contribution in [0.25, 0.3) is 10.8 Å². The molecule has 9 heteroatoms. The monoisotopic (exact) mass is 527 g/mol. The second-order valence-corrected chi connectivity index (χ2v) is 9.38. The second-order valence-electron chi connectivity index (χ2n) is 9.38. The summed E-state index contributed by atoms with van der Waals surface area (Å²) in [6, 6.07) is 4.24. The molecule has 0 heterocycles. The van der Waals surface area contributed by atoms with Gasteiger partial charge in [0.05, 0.1) is 16.7 Å². The SMILES string of the molecule is CCCCC(=O)N(C)CCCCN(CC)C(=O)c1cc2cc(O)c(O)c(C=O)c2cc1C(=O)N(CC)CC. The van der Waals surface area contributed by atoms with Crippen molar-refractivity contribution in [2.24, 2.45) is 0 Å². The molecule has 2 aromatic rings. The first-order valence-corrected chi connectivity index (χ1v) is 13.4. The molecule has 0 spiro atoms. The molecule has 0 aliphatic rings. The first kappa shape index (κ1) is 30.6. The van der Waals surface area contributed by atoms with Crippen molar-refractivity contribution in [1.29, 1.82) is 0 Å². The number of fused-ring (bicyclic) bond motifs is 1. The molecular weight excluding hydrogens is 486 g/mol. The lowest BCUT2D eigenvalue weighted by atomic mass is 9.95. The fraction of sp³-hybridized carbons (Fsp3) is 0.517. The average Bonchev–Trinajstić information content (AvgIpc) is 2.92. The maximum atomic E-state index is 13.7. The summed E-state index contributed by atoms with van der Waals surface area (Å²) in [6.45, 7) is 9.93. The van der Waals surface area contributed by atoms with Gasteiger partial charge in [-0.25, -0.2) is 0 Å². The number of aldehydes is 1. The van der Waals surface area contributed by atoms with E-state index in [0.717, 1.165) is 19.3 Å². The number of carbonyl (C=O) groups excluding carboxylic acids is 4. The number of phenolic OH excluding ortho intramolecular Hbond substituents is 2. The van der Waals surface area contributed by atoms with Gasteiger partial charge < -0.3 is 24.9 Å². The molecule has 38 heavy (non-hydrogen) atoms. The molecule has 0 bridgehead atoms. The molecule has 2 N–H and O–H groups in total. The number of carbonyl (C=O) groups is 4. The minimum absolute atomic E-state index is 0.120. The Morgan fingerprint density at radius 2 is 1.39 bits per heavy atom. The van der Waals surface area contributed by atoms with Crippen molar-refractivity contribution in [3.8, 4) is 11.5 Å². The van der Waals surface area contributed by atoms with Gasteiger partial charge in [0.2, 0.25) is 5.91 Å². The zero-order valence-corrected chi connectivity index (χ0v) is 23.2. The quantitative estimate of drug-likeness (QED) is 0.213. The van der Waals surface area contributed by atoms with Crippen LogP contribution in [-0.2, 0) is 4.79 Å². The lowest BCUT2D eigenvalue weighted by molar-refractivity contribution is -0.130. The van der Waals surface area contributed by atoms with Crippen molar-refractivity contribution >= 4 is 34.8 Å². The van der Waals surface area contributed by atoms with Gasteiger partial charge in [-0.3, -0.25) is 19.2 Å². The van der Waals surface area contributed by atoms with Gasteiger partial charge >= 0.3 is 0 Å². The van der Waals surface area contributed by atoms with E-state index in [-0.39, 0.29) is 39.8 Å². The van der Waals surface area contributed by atoms with Gasteiger partial charge in [0.1, 0.15) is 0 Å². The number of hydrogen-bond acceptors (Lipinski definition) is 6. The summed E-state index contributed by atoms with van der Waals surface area (Å²) in [5, 5.41) is 21.0. The van der Waals surface area contributed by atoms with Crippen molar-refractivity contribution in [2.45, 2.75) is 59.8 Å². The molecule has 208 valence electrons. The Morgan fingerprint density at radius 3 is 1.97 bits per heavy atom. The predicted octanol–water partition coefficient (Wildman–Crippen LogP) is 4.44. The van der Waals surface area contributed by atoms with Gasteiger partial charge in [-0.2, -0.15) is 0 Å². The van der Waals surface area contributed by atoms with E-state index in [4.69, 9.17) is 0 Å². The van der Waals surface area contributed by atoms with Crippen LogP contribution >= 0.6 is 0 Å². The van der Waals surface area contributed by atoms with E-state index in [0.29, 0.717) is 57.2 Å². The highest BCUT2D eigenvalue weighted by molar-refractivity contribution is 6.13. The number of aromatic hydroxyl groups is 2. The van der Waals surface area contributed by atoms with E-state index in [1.807, 2.05) is 27.7 Å². The highest BCUT2D eigenvalue weighted by atomic mass is 16.3. The molecule has 0 aliphatic carbocycles. The third kappa shape index (κ3) is 7.02. The Bertz CT molecular complexity index is 1160. The highest BCUT2D eigenvalue weighted by Crippen LogP contribution is 2.36. The Balaban J connectivity index is 2.38. The number of rotatable bonds is 14. The number of nitrogens with zero attached hydrogens (tertiary/aromatic N) is 3. The van der Waals surface area contributed by atoms with Crippen LogP contribution in [0.4, 0.5) is 0 Å². The molecule has 0 saturated heterocycles.